The van der Waals surface area contributed by atoms with E-state index in [1.165, 1.54) is 12.5 Å². The highest BCUT2D eigenvalue weighted by Gasteiger charge is 2.28. The van der Waals surface area contributed by atoms with E-state index in [2.05, 4.69) is 5.32 Å². The molecule has 4 nitrogen and oxygen atoms in total. The lowest BCUT2D eigenvalue weighted by atomic mass is 9.94. The highest BCUT2D eigenvalue weighted by Crippen LogP contribution is 2.32. The molecule has 1 N–H and O–H groups in total. The van der Waals surface area contributed by atoms with Gasteiger partial charge in [0.15, 0.2) is 0 Å². The molecule has 1 aromatic rings. The van der Waals surface area contributed by atoms with E-state index in [0.717, 1.165) is 24.8 Å². The molecule has 1 aliphatic rings. The van der Waals surface area contributed by atoms with Crippen molar-refractivity contribution < 1.29 is 4.92 Å². The predicted octanol–water partition coefficient (Wildman–Crippen LogP) is 3.18. The fourth-order valence-corrected chi connectivity index (χ4v) is 3.03. The summed E-state index contributed by atoms with van der Waals surface area (Å²) in [4.78, 5) is 10.7. The Kier molecular flexibility index (Phi) is 4.19. The summed E-state index contributed by atoms with van der Waals surface area (Å²) in [5.74, 6) is 0.465. The zero-order chi connectivity index (χ0) is 13.1. The lowest BCUT2D eigenvalue weighted by Gasteiger charge is -2.18. The standard InChI is InChI=1S/C13H17ClN2O2/c1-15-12-4-2-3-9(12)7-10-8-11(14)5-6-13(10)16(17)18/h5-6,8-9,12,15H,2-4,7H2,1H3. The Hall–Kier alpha value is -1.13. The Morgan fingerprint density at radius 1 is 1.50 bits per heavy atom. The van der Waals surface area contributed by atoms with E-state index >= 15 is 0 Å². The average Bonchev–Trinajstić information content (AvgIpc) is 2.76. The molecule has 1 saturated carbocycles. The number of nitrogens with one attached hydrogen (secondary N) is 1. The van der Waals surface area contributed by atoms with E-state index < -0.39 is 0 Å². The van der Waals surface area contributed by atoms with Gasteiger partial charge in [-0.05, 0) is 44.4 Å². The molecule has 1 aliphatic carbocycles. The Morgan fingerprint density at radius 2 is 2.28 bits per heavy atom. The maximum absolute atomic E-state index is 11.0. The second-order valence-corrected chi connectivity index (χ2v) is 5.26. The lowest BCUT2D eigenvalue weighted by molar-refractivity contribution is -0.385. The van der Waals surface area contributed by atoms with Gasteiger partial charge in [-0.2, -0.15) is 0 Å². The third-order valence-electron chi connectivity index (χ3n) is 3.75. The third kappa shape index (κ3) is 2.82. The van der Waals surface area contributed by atoms with E-state index in [9.17, 15) is 10.1 Å². The van der Waals surface area contributed by atoms with E-state index in [0.29, 0.717) is 17.0 Å². The van der Waals surface area contributed by atoms with Gasteiger partial charge in [0.1, 0.15) is 0 Å². The Balaban J connectivity index is 2.22. The molecule has 1 fully saturated rings. The van der Waals surface area contributed by atoms with Crippen molar-refractivity contribution >= 4 is 17.3 Å². The number of nitro benzene ring substituents is 1. The summed E-state index contributed by atoms with van der Waals surface area (Å²) >= 11 is 5.94. The Bertz CT molecular complexity index is 451. The van der Waals surface area contributed by atoms with Crippen LogP contribution in [0.15, 0.2) is 18.2 Å². The zero-order valence-electron chi connectivity index (χ0n) is 10.4. The zero-order valence-corrected chi connectivity index (χ0v) is 11.1. The smallest absolute Gasteiger partial charge is 0.272 e. The molecule has 2 rings (SSSR count). The van der Waals surface area contributed by atoms with Gasteiger partial charge >= 0.3 is 0 Å². The minimum Gasteiger partial charge on any atom is -0.317 e. The predicted molar refractivity (Wildman–Crippen MR) is 72.0 cm³/mol. The molecule has 5 heteroatoms. The number of hydrogen-bond acceptors (Lipinski definition) is 3. The molecule has 0 bridgehead atoms. The van der Waals surface area contributed by atoms with Crippen LogP contribution in [-0.2, 0) is 6.42 Å². The van der Waals surface area contributed by atoms with Crippen LogP contribution in [0.25, 0.3) is 0 Å². The van der Waals surface area contributed by atoms with Crippen molar-refractivity contribution in [3.05, 3.63) is 38.9 Å². The largest absolute Gasteiger partial charge is 0.317 e. The second kappa shape index (κ2) is 5.67. The fraction of sp³-hybridized carbons (Fsp3) is 0.538. The van der Waals surface area contributed by atoms with Crippen LogP contribution in [0.3, 0.4) is 0 Å². The number of rotatable bonds is 4. The van der Waals surface area contributed by atoms with Crippen molar-refractivity contribution in [2.75, 3.05) is 7.05 Å². The summed E-state index contributed by atoms with van der Waals surface area (Å²) in [6.45, 7) is 0. The van der Waals surface area contributed by atoms with Gasteiger partial charge in [0.25, 0.3) is 5.69 Å². The molecular formula is C13H17ClN2O2. The molecule has 0 spiro atoms. The van der Waals surface area contributed by atoms with Crippen molar-refractivity contribution in [3.8, 4) is 0 Å². The van der Waals surface area contributed by atoms with Crippen LogP contribution in [0, 0.1) is 16.0 Å². The second-order valence-electron chi connectivity index (χ2n) is 4.82. The van der Waals surface area contributed by atoms with Gasteiger partial charge in [-0.3, -0.25) is 10.1 Å². The van der Waals surface area contributed by atoms with E-state index in [-0.39, 0.29) is 10.6 Å². The van der Waals surface area contributed by atoms with Crippen LogP contribution in [-0.4, -0.2) is 18.0 Å². The lowest BCUT2D eigenvalue weighted by Crippen LogP contribution is -2.30. The first-order valence-electron chi connectivity index (χ1n) is 6.22. The van der Waals surface area contributed by atoms with Crippen molar-refractivity contribution in [1.29, 1.82) is 0 Å². The first-order chi connectivity index (χ1) is 8.61. The van der Waals surface area contributed by atoms with Crippen LogP contribution in [0.4, 0.5) is 5.69 Å². The van der Waals surface area contributed by atoms with Crippen molar-refractivity contribution in [3.63, 3.8) is 0 Å². The first-order valence-corrected chi connectivity index (χ1v) is 6.59. The normalized spacial score (nSPS) is 23.2. The molecular weight excluding hydrogens is 252 g/mol. The first kappa shape index (κ1) is 13.3. The Labute approximate surface area is 111 Å². The van der Waals surface area contributed by atoms with Crippen LogP contribution < -0.4 is 5.32 Å². The van der Waals surface area contributed by atoms with E-state index in [1.807, 2.05) is 7.05 Å². The molecule has 0 amide bonds. The molecule has 2 unspecified atom stereocenters. The summed E-state index contributed by atoms with van der Waals surface area (Å²) < 4.78 is 0. The minimum atomic E-state index is -0.324. The van der Waals surface area contributed by atoms with Crippen LogP contribution in [0.5, 0.6) is 0 Å². The summed E-state index contributed by atoms with van der Waals surface area (Å²) in [6.07, 6.45) is 4.18. The molecule has 98 valence electrons. The van der Waals surface area contributed by atoms with E-state index in [1.54, 1.807) is 12.1 Å². The molecule has 0 saturated heterocycles. The van der Waals surface area contributed by atoms with E-state index in [4.69, 9.17) is 11.6 Å². The van der Waals surface area contributed by atoms with Gasteiger partial charge in [0.2, 0.25) is 0 Å². The highest BCUT2D eigenvalue weighted by molar-refractivity contribution is 6.30. The van der Waals surface area contributed by atoms with Crippen molar-refractivity contribution in [2.24, 2.45) is 5.92 Å². The summed E-state index contributed by atoms with van der Waals surface area (Å²) in [5, 5.41) is 14.9. The van der Waals surface area contributed by atoms with Gasteiger partial charge in [0, 0.05) is 22.7 Å². The summed E-state index contributed by atoms with van der Waals surface area (Å²) in [7, 11) is 1.95. The molecule has 0 heterocycles. The van der Waals surface area contributed by atoms with Gasteiger partial charge in [-0.25, -0.2) is 0 Å². The number of nitro groups is 1. The van der Waals surface area contributed by atoms with Gasteiger partial charge in [-0.1, -0.05) is 18.0 Å². The highest BCUT2D eigenvalue weighted by atomic mass is 35.5. The number of benzene rings is 1. The molecule has 0 radical (unpaired) electrons. The third-order valence-corrected chi connectivity index (χ3v) is 3.99. The summed E-state index contributed by atoms with van der Waals surface area (Å²) in [5.41, 5.74) is 0.931. The van der Waals surface area contributed by atoms with Gasteiger partial charge in [0.05, 0.1) is 4.92 Å². The SMILES string of the molecule is CNC1CCCC1Cc1cc(Cl)ccc1[N+](=O)[O-]. The maximum Gasteiger partial charge on any atom is 0.272 e. The Morgan fingerprint density at radius 3 is 2.94 bits per heavy atom. The van der Waals surface area contributed by atoms with Crippen LogP contribution >= 0.6 is 11.6 Å². The number of halogens is 1. The minimum absolute atomic E-state index is 0.182. The number of nitrogens with zero attached hydrogens (tertiary/aromatic N) is 1. The quantitative estimate of drug-likeness (QED) is 0.674. The van der Waals surface area contributed by atoms with Crippen LogP contribution in [0.2, 0.25) is 5.02 Å². The van der Waals surface area contributed by atoms with Crippen molar-refractivity contribution in [1.82, 2.24) is 5.32 Å². The topological polar surface area (TPSA) is 55.2 Å². The average molecular weight is 269 g/mol. The number of hydrogen-bond donors (Lipinski definition) is 1. The maximum atomic E-state index is 11.0. The molecule has 1 aromatic carbocycles. The van der Waals surface area contributed by atoms with Gasteiger partial charge < -0.3 is 5.32 Å². The van der Waals surface area contributed by atoms with Crippen LogP contribution in [0.1, 0.15) is 24.8 Å². The molecule has 2 atom stereocenters. The van der Waals surface area contributed by atoms with Crippen molar-refractivity contribution in [2.45, 2.75) is 31.7 Å². The van der Waals surface area contributed by atoms with Gasteiger partial charge in [-0.15, -0.1) is 0 Å². The summed E-state index contributed by atoms with van der Waals surface area (Å²) in [6, 6.07) is 5.27. The molecule has 18 heavy (non-hydrogen) atoms. The monoisotopic (exact) mass is 268 g/mol. The molecule has 0 aliphatic heterocycles. The molecule has 0 aromatic heterocycles. The fourth-order valence-electron chi connectivity index (χ4n) is 2.84.